The Labute approximate surface area is 85.1 Å². The van der Waals surface area contributed by atoms with Crippen LogP contribution in [0.15, 0.2) is 11.4 Å². The van der Waals surface area contributed by atoms with Gasteiger partial charge in [-0.05, 0) is 22.0 Å². The van der Waals surface area contributed by atoms with Gasteiger partial charge >= 0.3 is 4.83 Å². The molecule has 0 amide bonds. The van der Waals surface area contributed by atoms with Gasteiger partial charge in [-0.1, -0.05) is 11.6 Å². The zero-order valence-electron chi connectivity index (χ0n) is 5.60. The van der Waals surface area contributed by atoms with Crippen molar-refractivity contribution in [1.29, 1.82) is 0 Å². The van der Waals surface area contributed by atoms with Crippen LogP contribution in [0, 0.1) is 0 Å². The third kappa shape index (κ3) is 2.39. The summed E-state index contributed by atoms with van der Waals surface area (Å²) in [6.07, 6.45) is -1.84. The van der Waals surface area contributed by atoms with E-state index in [1.54, 1.807) is 0 Å². The van der Waals surface area contributed by atoms with Crippen LogP contribution in [0.25, 0.3) is 0 Å². The Kier molecular flexibility index (Phi) is 3.09. The van der Waals surface area contributed by atoms with Crippen molar-refractivity contribution >= 4 is 38.9 Å². The van der Waals surface area contributed by atoms with Crippen molar-refractivity contribution in [1.82, 2.24) is 0 Å². The van der Waals surface area contributed by atoms with Crippen LogP contribution in [-0.2, 0) is 0 Å². The number of aliphatic hydroxyl groups is 1. The van der Waals surface area contributed by atoms with E-state index in [4.69, 9.17) is 16.7 Å². The molecule has 0 aliphatic heterocycles. The summed E-state index contributed by atoms with van der Waals surface area (Å²) < 4.78 is 24.9. The first-order chi connectivity index (χ1) is 5.41. The van der Waals surface area contributed by atoms with Crippen LogP contribution >= 0.6 is 38.9 Å². The smallest absolute Gasteiger partial charge is 0.331 e. The average molecular weight is 278 g/mol. The van der Waals surface area contributed by atoms with Crippen LogP contribution in [0.1, 0.15) is 11.0 Å². The van der Waals surface area contributed by atoms with Gasteiger partial charge in [-0.3, -0.25) is 0 Å². The highest BCUT2D eigenvalue weighted by Gasteiger charge is 2.36. The van der Waals surface area contributed by atoms with E-state index in [-0.39, 0.29) is 4.88 Å². The van der Waals surface area contributed by atoms with E-state index in [1.807, 2.05) is 0 Å². The summed E-state index contributed by atoms with van der Waals surface area (Å²) in [6, 6.07) is 1.31. The van der Waals surface area contributed by atoms with Crippen molar-refractivity contribution in [3.8, 4) is 0 Å². The predicted octanol–water partition coefficient (Wildman–Crippen LogP) is 3.42. The molecule has 1 nitrogen and oxygen atoms in total. The van der Waals surface area contributed by atoms with Gasteiger partial charge in [0.25, 0.3) is 0 Å². The molecule has 0 aliphatic rings. The quantitative estimate of drug-likeness (QED) is 0.821. The second kappa shape index (κ2) is 3.57. The van der Waals surface area contributed by atoms with E-state index < -0.39 is 10.9 Å². The van der Waals surface area contributed by atoms with Gasteiger partial charge in [-0.25, -0.2) is 0 Å². The Morgan fingerprint density at radius 3 is 2.58 bits per heavy atom. The number of halogens is 4. The minimum absolute atomic E-state index is 0.141. The van der Waals surface area contributed by atoms with E-state index in [1.165, 1.54) is 11.4 Å². The summed E-state index contributed by atoms with van der Waals surface area (Å²) in [5, 5.41) is 10.9. The van der Waals surface area contributed by atoms with E-state index in [0.717, 1.165) is 11.3 Å². The topological polar surface area (TPSA) is 20.2 Å². The van der Waals surface area contributed by atoms with Gasteiger partial charge < -0.3 is 5.11 Å². The van der Waals surface area contributed by atoms with Crippen molar-refractivity contribution in [3.05, 3.63) is 21.3 Å². The van der Waals surface area contributed by atoms with Crippen LogP contribution < -0.4 is 0 Å². The third-order valence-corrected chi connectivity index (χ3v) is 2.93. The molecule has 1 N–H and O–H groups in total. The van der Waals surface area contributed by atoms with E-state index in [0.29, 0.717) is 5.02 Å². The summed E-state index contributed by atoms with van der Waals surface area (Å²) in [6.45, 7) is 0. The highest BCUT2D eigenvalue weighted by molar-refractivity contribution is 9.10. The normalized spacial score (nSPS) is 14.8. The summed E-state index contributed by atoms with van der Waals surface area (Å²) in [5.74, 6) is 0. The lowest BCUT2D eigenvalue weighted by Gasteiger charge is -2.13. The molecule has 6 heteroatoms. The second-order valence-electron chi connectivity index (χ2n) is 2.11. The number of rotatable bonds is 2. The first kappa shape index (κ1) is 10.4. The van der Waals surface area contributed by atoms with E-state index in [2.05, 4.69) is 15.9 Å². The van der Waals surface area contributed by atoms with Gasteiger partial charge in [-0.15, -0.1) is 11.3 Å². The summed E-state index contributed by atoms with van der Waals surface area (Å²) in [4.78, 5) is -3.16. The molecule has 68 valence electrons. The Morgan fingerprint density at radius 2 is 2.25 bits per heavy atom. The molecule has 0 aliphatic carbocycles. The minimum atomic E-state index is -3.30. The SMILES string of the molecule is OC(c1cc(Cl)cs1)C(F)(F)Br. The lowest BCUT2D eigenvalue weighted by molar-refractivity contribution is -0.0274. The molecular formula is C6H4BrClF2OS. The number of thiophene rings is 1. The molecule has 0 saturated heterocycles. The van der Waals surface area contributed by atoms with Crippen molar-refractivity contribution < 1.29 is 13.9 Å². The highest BCUT2D eigenvalue weighted by Crippen LogP contribution is 2.39. The number of alkyl halides is 3. The number of hydrogen-bond donors (Lipinski definition) is 1. The van der Waals surface area contributed by atoms with Crippen molar-refractivity contribution in [2.45, 2.75) is 10.9 Å². The monoisotopic (exact) mass is 276 g/mol. The molecule has 1 aromatic heterocycles. The molecule has 1 heterocycles. The Morgan fingerprint density at radius 1 is 1.67 bits per heavy atom. The lowest BCUT2D eigenvalue weighted by Crippen LogP contribution is -2.16. The van der Waals surface area contributed by atoms with E-state index >= 15 is 0 Å². The molecule has 12 heavy (non-hydrogen) atoms. The Balaban J connectivity index is 2.85. The molecule has 1 rings (SSSR count). The van der Waals surface area contributed by atoms with Gasteiger partial charge in [0.15, 0.2) is 6.10 Å². The predicted molar refractivity (Wildman–Crippen MR) is 48.2 cm³/mol. The maximum absolute atomic E-state index is 12.4. The standard InChI is InChI=1S/C6H4BrClF2OS/c7-6(9,10)5(11)4-1-3(8)2-12-4/h1-2,5,11H. The first-order valence-corrected chi connectivity index (χ1v) is 4.95. The summed E-state index contributed by atoms with van der Waals surface area (Å²) in [7, 11) is 0. The second-order valence-corrected chi connectivity index (χ2v) is 4.55. The summed E-state index contributed by atoms with van der Waals surface area (Å²) in [5.41, 5.74) is 0. The third-order valence-electron chi connectivity index (χ3n) is 1.17. The van der Waals surface area contributed by atoms with Crippen LogP contribution in [0.5, 0.6) is 0 Å². The van der Waals surface area contributed by atoms with Gasteiger partial charge in [0, 0.05) is 10.3 Å². The molecule has 0 spiro atoms. The fourth-order valence-electron chi connectivity index (χ4n) is 0.633. The van der Waals surface area contributed by atoms with Gasteiger partial charge in [0.05, 0.1) is 5.02 Å². The van der Waals surface area contributed by atoms with Crippen LogP contribution in [0.2, 0.25) is 5.02 Å². The zero-order valence-corrected chi connectivity index (χ0v) is 8.76. The van der Waals surface area contributed by atoms with Crippen molar-refractivity contribution in [3.63, 3.8) is 0 Å². The minimum Gasteiger partial charge on any atom is -0.380 e. The lowest BCUT2D eigenvalue weighted by atomic mass is 10.3. The van der Waals surface area contributed by atoms with Gasteiger partial charge in [0.2, 0.25) is 0 Å². The fourth-order valence-corrected chi connectivity index (χ4v) is 2.14. The Bertz CT molecular complexity index is 273. The van der Waals surface area contributed by atoms with Gasteiger partial charge in [-0.2, -0.15) is 8.78 Å². The summed E-state index contributed by atoms with van der Waals surface area (Å²) >= 11 is 8.56. The molecule has 0 saturated carbocycles. The zero-order chi connectivity index (χ0) is 9.35. The van der Waals surface area contributed by atoms with Gasteiger partial charge in [0.1, 0.15) is 0 Å². The maximum Gasteiger partial charge on any atom is 0.331 e. The first-order valence-electron chi connectivity index (χ1n) is 2.90. The van der Waals surface area contributed by atoms with Crippen LogP contribution in [-0.4, -0.2) is 9.94 Å². The molecule has 0 bridgehead atoms. The highest BCUT2D eigenvalue weighted by atomic mass is 79.9. The molecular weight excluding hydrogens is 273 g/mol. The van der Waals surface area contributed by atoms with Crippen molar-refractivity contribution in [2.75, 3.05) is 0 Å². The number of hydrogen-bond acceptors (Lipinski definition) is 2. The Hall–Kier alpha value is 0.290. The molecule has 1 unspecified atom stereocenters. The molecule has 1 atom stereocenters. The van der Waals surface area contributed by atoms with Crippen molar-refractivity contribution in [2.24, 2.45) is 0 Å². The average Bonchev–Trinajstić information content (AvgIpc) is 2.32. The largest absolute Gasteiger partial charge is 0.380 e. The van der Waals surface area contributed by atoms with Crippen LogP contribution in [0.4, 0.5) is 8.78 Å². The maximum atomic E-state index is 12.4. The molecule has 1 aromatic rings. The van der Waals surface area contributed by atoms with Crippen LogP contribution in [0.3, 0.4) is 0 Å². The molecule has 0 radical (unpaired) electrons. The van der Waals surface area contributed by atoms with E-state index in [9.17, 15) is 8.78 Å². The fraction of sp³-hybridized carbons (Fsp3) is 0.333. The molecule has 0 fully saturated rings. The molecule has 0 aromatic carbocycles. The number of aliphatic hydroxyl groups excluding tert-OH is 1.